The van der Waals surface area contributed by atoms with Crippen molar-refractivity contribution >= 4 is 11.7 Å². The van der Waals surface area contributed by atoms with Crippen molar-refractivity contribution in [2.24, 2.45) is 0 Å². The molecule has 2 aromatic heterocycles. The molecule has 1 saturated carbocycles. The molecule has 1 aliphatic heterocycles. The first-order valence-electron chi connectivity index (χ1n) is 11.6. The standard InChI is InChI=1S/C25H28N6O3/c1-17(31-24(32)10-9-21(28-31)18-3-4-18)25(33)30-13-11-29(12-14-30)23-15-22(26-16-27-23)19-5-7-20(34-2)8-6-19/h5-10,15-18H,3-4,11-14H2,1-2H3. The molecule has 0 radical (unpaired) electrons. The average molecular weight is 461 g/mol. The lowest BCUT2D eigenvalue weighted by Crippen LogP contribution is -2.51. The van der Waals surface area contributed by atoms with Gasteiger partial charge in [-0.05, 0) is 50.1 Å². The number of aromatic nitrogens is 4. The quantitative estimate of drug-likeness (QED) is 0.558. The summed E-state index contributed by atoms with van der Waals surface area (Å²) in [5.41, 5.74) is 2.48. The van der Waals surface area contributed by atoms with Crippen LogP contribution < -0.4 is 15.2 Å². The summed E-state index contributed by atoms with van der Waals surface area (Å²) in [6.07, 6.45) is 3.76. The molecule has 3 heterocycles. The number of hydrogen-bond donors (Lipinski definition) is 0. The lowest BCUT2D eigenvalue weighted by molar-refractivity contribution is -0.135. The monoisotopic (exact) mass is 460 g/mol. The Bertz CT molecular complexity index is 1230. The number of ether oxygens (including phenoxy) is 1. The predicted molar refractivity (Wildman–Crippen MR) is 128 cm³/mol. The van der Waals surface area contributed by atoms with Crippen LogP contribution in [0, 0.1) is 0 Å². The molecular weight excluding hydrogens is 432 g/mol. The third-order valence-electron chi connectivity index (χ3n) is 6.52. The molecule has 1 amide bonds. The van der Waals surface area contributed by atoms with E-state index in [1.807, 2.05) is 35.2 Å². The SMILES string of the molecule is COc1ccc(-c2cc(N3CCN(C(=O)C(C)n4nc(C5CC5)ccc4=O)CC3)ncn2)cc1. The molecule has 5 rings (SSSR count). The zero-order valence-corrected chi connectivity index (χ0v) is 19.4. The van der Waals surface area contributed by atoms with Crippen LogP contribution in [-0.2, 0) is 4.79 Å². The fourth-order valence-corrected chi connectivity index (χ4v) is 4.28. The van der Waals surface area contributed by atoms with Crippen LogP contribution >= 0.6 is 0 Å². The van der Waals surface area contributed by atoms with E-state index in [0.717, 1.165) is 41.4 Å². The van der Waals surface area contributed by atoms with Crippen LogP contribution in [0.4, 0.5) is 5.82 Å². The normalized spacial score (nSPS) is 16.9. The summed E-state index contributed by atoms with van der Waals surface area (Å²) in [7, 11) is 1.64. The van der Waals surface area contributed by atoms with Gasteiger partial charge in [-0.1, -0.05) is 0 Å². The molecule has 2 fully saturated rings. The summed E-state index contributed by atoms with van der Waals surface area (Å²) >= 11 is 0. The second kappa shape index (κ2) is 9.24. The fraction of sp³-hybridized carbons (Fsp3) is 0.400. The minimum Gasteiger partial charge on any atom is -0.497 e. The zero-order valence-electron chi connectivity index (χ0n) is 19.4. The van der Waals surface area contributed by atoms with Crippen molar-refractivity contribution in [3.63, 3.8) is 0 Å². The van der Waals surface area contributed by atoms with Crippen molar-refractivity contribution < 1.29 is 9.53 Å². The number of piperazine rings is 1. The van der Waals surface area contributed by atoms with E-state index in [1.165, 1.54) is 10.7 Å². The number of nitrogens with zero attached hydrogens (tertiary/aromatic N) is 6. The lowest BCUT2D eigenvalue weighted by atomic mass is 10.1. The molecule has 1 aliphatic carbocycles. The molecule has 1 atom stereocenters. The van der Waals surface area contributed by atoms with Crippen LogP contribution in [0.1, 0.15) is 37.4 Å². The van der Waals surface area contributed by atoms with Crippen molar-refractivity contribution in [3.05, 3.63) is 64.8 Å². The van der Waals surface area contributed by atoms with Gasteiger partial charge in [0.25, 0.3) is 5.56 Å². The number of carbonyl (C=O) groups excluding carboxylic acids is 1. The first kappa shape index (κ1) is 22.1. The summed E-state index contributed by atoms with van der Waals surface area (Å²) in [6.45, 7) is 4.18. The van der Waals surface area contributed by atoms with E-state index in [0.29, 0.717) is 32.1 Å². The van der Waals surface area contributed by atoms with Crippen LogP contribution in [0.2, 0.25) is 0 Å². The first-order valence-corrected chi connectivity index (χ1v) is 11.6. The summed E-state index contributed by atoms with van der Waals surface area (Å²) in [5.74, 6) is 1.97. The number of amides is 1. The maximum absolute atomic E-state index is 13.2. The molecule has 0 N–H and O–H groups in total. The smallest absolute Gasteiger partial charge is 0.267 e. The molecule has 34 heavy (non-hydrogen) atoms. The van der Waals surface area contributed by atoms with Crippen molar-refractivity contribution in [2.45, 2.75) is 31.7 Å². The zero-order chi connectivity index (χ0) is 23.7. The highest BCUT2D eigenvalue weighted by Gasteiger charge is 2.30. The minimum absolute atomic E-state index is 0.0798. The topological polar surface area (TPSA) is 93.5 Å². The molecule has 0 bridgehead atoms. The van der Waals surface area contributed by atoms with Gasteiger partial charge in [-0.2, -0.15) is 5.10 Å². The number of methoxy groups -OCH3 is 1. The molecule has 1 saturated heterocycles. The van der Waals surface area contributed by atoms with Gasteiger partial charge in [0.1, 0.15) is 23.9 Å². The minimum atomic E-state index is -0.626. The summed E-state index contributed by atoms with van der Waals surface area (Å²) < 4.78 is 6.57. The van der Waals surface area contributed by atoms with Gasteiger partial charge >= 0.3 is 0 Å². The highest BCUT2D eigenvalue weighted by Crippen LogP contribution is 2.38. The van der Waals surface area contributed by atoms with Gasteiger partial charge < -0.3 is 14.5 Å². The van der Waals surface area contributed by atoms with Gasteiger partial charge in [-0.3, -0.25) is 9.59 Å². The van der Waals surface area contributed by atoms with Crippen LogP contribution in [0.3, 0.4) is 0 Å². The van der Waals surface area contributed by atoms with E-state index in [1.54, 1.807) is 26.4 Å². The van der Waals surface area contributed by atoms with Crippen LogP contribution in [0.25, 0.3) is 11.3 Å². The number of carbonyl (C=O) groups is 1. The first-order chi connectivity index (χ1) is 16.5. The van der Waals surface area contributed by atoms with Crippen LogP contribution in [0.15, 0.2) is 53.6 Å². The molecule has 9 heteroatoms. The Labute approximate surface area is 198 Å². The largest absolute Gasteiger partial charge is 0.497 e. The van der Waals surface area contributed by atoms with Crippen molar-refractivity contribution in [1.82, 2.24) is 24.6 Å². The van der Waals surface area contributed by atoms with Gasteiger partial charge in [-0.15, -0.1) is 0 Å². The Kier molecular flexibility index (Phi) is 6.00. The van der Waals surface area contributed by atoms with Crippen LogP contribution in [-0.4, -0.2) is 63.8 Å². The fourth-order valence-electron chi connectivity index (χ4n) is 4.28. The number of hydrogen-bond acceptors (Lipinski definition) is 7. The van der Waals surface area contributed by atoms with Gasteiger partial charge in [0.05, 0.1) is 18.5 Å². The van der Waals surface area contributed by atoms with E-state index in [2.05, 4.69) is 20.0 Å². The second-order valence-electron chi connectivity index (χ2n) is 8.79. The van der Waals surface area contributed by atoms with Gasteiger partial charge in [-0.25, -0.2) is 14.6 Å². The Morgan fingerprint density at radius 2 is 1.76 bits per heavy atom. The molecular formula is C25H28N6O3. The van der Waals surface area contributed by atoms with E-state index < -0.39 is 6.04 Å². The van der Waals surface area contributed by atoms with Crippen molar-refractivity contribution in [3.8, 4) is 17.0 Å². The molecule has 9 nitrogen and oxygen atoms in total. The van der Waals surface area contributed by atoms with Crippen molar-refractivity contribution in [1.29, 1.82) is 0 Å². The highest BCUT2D eigenvalue weighted by molar-refractivity contribution is 5.80. The van der Waals surface area contributed by atoms with Gasteiger partial charge in [0.15, 0.2) is 0 Å². The number of benzene rings is 1. The van der Waals surface area contributed by atoms with Crippen LogP contribution in [0.5, 0.6) is 5.75 Å². The predicted octanol–water partition coefficient (Wildman–Crippen LogP) is 2.50. The Hall–Kier alpha value is -3.75. The van der Waals surface area contributed by atoms with Gasteiger partial charge in [0.2, 0.25) is 5.91 Å². The summed E-state index contributed by atoms with van der Waals surface area (Å²) in [5, 5.41) is 4.48. The number of anilines is 1. The third-order valence-corrected chi connectivity index (χ3v) is 6.52. The lowest BCUT2D eigenvalue weighted by Gasteiger charge is -2.36. The van der Waals surface area contributed by atoms with E-state index in [-0.39, 0.29) is 11.5 Å². The van der Waals surface area contributed by atoms with Gasteiger partial charge in [0, 0.05) is 49.8 Å². The molecule has 2 aliphatic rings. The Morgan fingerprint density at radius 1 is 1.03 bits per heavy atom. The highest BCUT2D eigenvalue weighted by atomic mass is 16.5. The van der Waals surface area contributed by atoms with E-state index in [4.69, 9.17) is 4.74 Å². The Morgan fingerprint density at radius 3 is 2.44 bits per heavy atom. The molecule has 1 aromatic carbocycles. The van der Waals surface area contributed by atoms with E-state index in [9.17, 15) is 9.59 Å². The van der Waals surface area contributed by atoms with Crippen molar-refractivity contribution in [2.75, 3.05) is 38.2 Å². The maximum atomic E-state index is 13.2. The van der Waals surface area contributed by atoms with E-state index >= 15 is 0 Å². The summed E-state index contributed by atoms with van der Waals surface area (Å²) in [4.78, 5) is 38.3. The molecule has 0 spiro atoms. The average Bonchev–Trinajstić information content (AvgIpc) is 3.74. The molecule has 1 unspecified atom stereocenters. The molecule has 176 valence electrons. The third kappa shape index (κ3) is 4.50. The Balaban J connectivity index is 1.24. The maximum Gasteiger partial charge on any atom is 0.267 e. The number of rotatable bonds is 6. The second-order valence-corrected chi connectivity index (χ2v) is 8.79. The summed E-state index contributed by atoms with van der Waals surface area (Å²) in [6, 6.07) is 12.4. The molecule has 3 aromatic rings.